The highest BCUT2D eigenvalue weighted by Crippen LogP contribution is 2.71. The predicted molar refractivity (Wildman–Crippen MR) is 157 cm³/mol. The summed E-state index contributed by atoms with van der Waals surface area (Å²) in [5, 5.41) is 3.87. The number of rotatable bonds is 2. The fraction of sp³-hybridized carbons (Fsp3) is 0.941. The number of hydrogen-bond acceptors (Lipinski definition) is 7. The summed E-state index contributed by atoms with van der Waals surface area (Å²) < 4.78 is 25.1. The Morgan fingerprint density at radius 2 is 1.71 bits per heavy atom. The van der Waals surface area contributed by atoms with Gasteiger partial charge in [0.25, 0.3) is 0 Å². The van der Waals surface area contributed by atoms with Gasteiger partial charge in [-0.05, 0) is 92.8 Å². The molecule has 0 bridgehead atoms. The molecule has 4 saturated carbocycles. The van der Waals surface area contributed by atoms with Crippen LogP contribution in [0.25, 0.3) is 0 Å². The Morgan fingerprint density at radius 3 is 2.43 bits per heavy atom. The van der Waals surface area contributed by atoms with E-state index >= 15 is 0 Å². The van der Waals surface area contributed by atoms with Crippen molar-refractivity contribution in [1.29, 1.82) is 0 Å². The molecule has 13 atom stereocenters. The van der Waals surface area contributed by atoms with Crippen LogP contribution in [0.5, 0.6) is 0 Å². The second-order valence-corrected chi connectivity index (χ2v) is 15.9. The van der Waals surface area contributed by atoms with Crippen molar-refractivity contribution in [1.82, 2.24) is 10.2 Å². The summed E-state index contributed by atoms with van der Waals surface area (Å²) in [5.74, 6) is 3.43. The minimum atomic E-state index is -0.246. The Labute approximate surface area is 252 Å². The van der Waals surface area contributed by atoms with Gasteiger partial charge in [0.05, 0.1) is 19.3 Å². The molecule has 7 fully saturated rings. The summed E-state index contributed by atoms with van der Waals surface area (Å²) in [5.41, 5.74) is -0.180. The van der Waals surface area contributed by atoms with Gasteiger partial charge in [0.1, 0.15) is 17.9 Å². The molecule has 3 heterocycles. The van der Waals surface area contributed by atoms with Crippen molar-refractivity contribution in [2.24, 2.45) is 52.3 Å². The zero-order chi connectivity index (χ0) is 29.4. The van der Waals surface area contributed by atoms with Crippen molar-refractivity contribution < 1.29 is 28.5 Å². The van der Waals surface area contributed by atoms with Crippen molar-refractivity contribution in [2.45, 2.75) is 116 Å². The molecule has 0 radical (unpaired) electrons. The van der Waals surface area contributed by atoms with Crippen LogP contribution in [-0.2, 0) is 23.7 Å². The third kappa shape index (κ3) is 4.47. The summed E-state index contributed by atoms with van der Waals surface area (Å²) in [4.78, 5) is 27.4. The summed E-state index contributed by atoms with van der Waals surface area (Å²) in [6.07, 6.45) is 9.66. The smallest absolute Gasteiger partial charge is 0.410 e. The van der Waals surface area contributed by atoms with Gasteiger partial charge in [-0.3, -0.25) is 10.1 Å². The van der Waals surface area contributed by atoms with Crippen molar-refractivity contribution in [2.75, 3.05) is 32.8 Å². The second-order valence-electron chi connectivity index (χ2n) is 15.9. The Balaban J connectivity index is 1.20. The van der Waals surface area contributed by atoms with Crippen LogP contribution in [-0.4, -0.2) is 73.8 Å². The average Bonchev–Trinajstić information content (AvgIpc) is 3.41. The molecule has 5 unspecified atom stereocenters. The van der Waals surface area contributed by atoms with Crippen molar-refractivity contribution in [3.63, 3.8) is 0 Å². The van der Waals surface area contributed by atoms with E-state index in [9.17, 15) is 9.59 Å². The molecule has 7 rings (SSSR count). The van der Waals surface area contributed by atoms with E-state index in [1.165, 1.54) is 26.2 Å². The minimum absolute atomic E-state index is 0.0444. The Hall–Kier alpha value is -1.38. The molecule has 236 valence electrons. The lowest BCUT2D eigenvalue weighted by Crippen LogP contribution is -2.62. The number of carbonyl (C=O) groups is 2. The SMILES string of the molecule is CC(=O)O[C@H]1CC[C@]2(C)C3C[C@@H](OC(=O)N4CCOCC4)[C@@]4(C)C(C[C@@H]5O[C@]6(CCC(C)CN6)[C@@H](C)C54)C3CC[C@H]2C1. The van der Waals surface area contributed by atoms with E-state index in [1.54, 1.807) is 0 Å². The molecule has 4 aliphatic carbocycles. The van der Waals surface area contributed by atoms with E-state index in [4.69, 9.17) is 18.9 Å². The maximum atomic E-state index is 13.7. The molecule has 1 spiro atoms. The highest BCUT2D eigenvalue weighted by Gasteiger charge is 2.72. The Kier molecular flexibility index (Phi) is 7.41. The van der Waals surface area contributed by atoms with Gasteiger partial charge in [-0.15, -0.1) is 0 Å². The second kappa shape index (κ2) is 10.6. The summed E-state index contributed by atoms with van der Waals surface area (Å²) in [6.45, 7) is 14.7. The first-order valence-corrected chi connectivity index (χ1v) is 17.2. The van der Waals surface area contributed by atoms with Gasteiger partial charge in [-0.25, -0.2) is 4.79 Å². The molecule has 0 aromatic heterocycles. The number of fused-ring (bicyclic) bond motifs is 7. The van der Waals surface area contributed by atoms with Crippen LogP contribution >= 0.6 is 0 Å². The molecule has 8 nitrogen and oxygen atoms in total. The maximum absolute atomic E-state index is 13.7. The van der Waals surface area contributed by atoms with Crippen molar-refractivity contribution in [3.05, 3.63) is 0 Å². The Morgan fingerprint density at radius 1 is 0.929 bits per heavy atom. The van der Waals surface area contributed by atoms with Crippen molar-refractivity contribution >= 4 is 12.1 Å². The number of nitrogens with one attached hydrogen (secondary N) is 1. The molecule has 3 aliphatic heterocycles. The van der Waals surface area contributed by atoms with Gasteiger partial charge in [-0.1, -0.05) is 27.7 Å². The van der Waals surface area contributed by atoms with E-state index in [-0.39, 0.29) is 46.9 Å². The number of piperidine rings is 1. The Bertz CT molecular complexity index is 1050. The number of amides is 1. The molecule has 0 aromatic rings. The topological polar surface area (TPSA) is 86.3 Å². The van der Waals surface area contributed by atoms with Crippen LogP contribution in [0.3, 0.4) is 0 Å². The van der Waals surface area contributed by atoms with Crippen LogP contribution in [0.4, 0.5) is 4.79 Å². The predicted octanol–water partition coefficient (Wildman–Crippen LogP) is 5.38. The number of nitrogens with zero attached hydrogens (tertiary/aromatic N) is 1. The molecule has 0 aromatic carbocycles. The zero-order valence-corrected chi connectivity index (χ0v) is 26.6. The largest absolute Gasteiger partial charge is 0.463 e. The van der Waals surface area contributed by atoms with Crippen LogP contribution in [0.2, 0.25) is 0 Å². The zero-order valence-electron chi connectivity index (χ0n) is 26.6. The molecule has 42 heavy (non-hydrogen) atoms. The first-order chi connectivity index (χ1) is 20.0. The average molecular weight is 587 g/mol. The van der Waals surface area contributed by atoms with E-state index in [2.05, 4.69) is 33.0 Å². The minimum Gasteiger partial charge on any atom is -0.463 e. The number of esters is 1. The van der Waals surface area contributed by atoms with E-state index in [0.29, 0.717) is 67.7 Å². The van der Waals surface area contributed by atoms with Gasteiger partial charge < -0.3 is 23.8 Å². The molecule has 7 aliphatic rings. The van der Waals surface area contributed by atoms with Crippen LogP contribution in [0, 0.1) is 52.3 Å². The van der Waals surface area contributed by atoms with E-state index in [0.717, 1.165) is 45.1 Å². The molecule has 8 heteroatoms. The van der Waals surface area contributed by atoms with Crippen LogP contribution < -0.4 is 5.32 Å². The fourth-order valence-corrected chi connectivity index (χ4v) is 11.8. The third-order valence-electron chi connectivity index (χ3n) is 14.0. The standard InChI is InChI=1S/C34H54N2O6/c1-20-8-11-34(35-19-20)21(2)30-28(42-34)17-27-25-7-6-23-16-24(40-22(3)37)9-10-32(23,4)26(25)18-29(33(27,30)5)41-31(38)36-12-14-39-15-13-36/h20-21,23-30,35H,6-19H2,1-5H3/t20?,21-,23-,24-,25?,26?,27?,28-,29+,30?,32-,33+,34+/m0/s1. The van der Waals surface area contributed by atoms with Gasteiger partial charge in [0.2, 0.25) is 0 Å². The van der Waals surface area contributed by atoms with Crippen molar-refractivity contribution in [3.8, 4) is 0 Å². The fourth-order valence-electron chi connectivity index (χ4n) is 11.8. The van der Waals surface area contributed by atoms with Crippen LogP contribution in [0.15, 0.2) is 0 Å². The molecular formula is C34H54N2O6. The number of carbonyl (C=O) groups excluding carboxylic acids is 2. The van der Waals surface area contributed by atoms with E-state index < -0.39 is 0 Å². The molecular weight excluding hydrogens is 532 g/mol. The highest BCUT2D eigenvalue weighted by atomic mass is 16.6. The summed E-state index contributed by atoms with van der Waals surface area (Å²) >= 11 is 0. The van der Waals surface area contributed by atoms with Gasteiger partial charge >= 0.3 is 12.1 Å². The number of hydrogen-bond donors (Lipinski definition) is 1. The van der Waals surface area contributed by atoms with Gasteiger partial charge in [-0.2, -0.15) is 0 Å². The normalized spacial score (nSPS) is 51.7. The lowest BCUT2D eigenvalue weighted by Gasteiger charge is -2.63. The lowest BCUT2D eigenvalue weighted by atomic mass is 9.43. The number of morpholine rings is 1. The quantitative estimate of drug-likeness (QED) is 0.435. The highest BCUT2D eigenvalue weighted by molar-refractivity contribution is 5.68. The third-order valence-corrected chi connectivity index (χ3v) is 14.0. The summed E-state index contributed by atoms with van der Waals surface area (Å²) in [6, 6.07) is 0. The molecule has 1 amide bonds. The van der Waals surface area contributed by atoms with E-state index in [1.807, 2.05) is 4.90 Å². The molecule has 1 N–H and O–H groups in total. The van der Waals surface area contributed by atoms with Crippen LogP contribution in [0.1, 0.15) is 92.4 Å². The lowest BCUT2D eigenvalue weighted by molar-refractivity contribution is -0.186. The van der Waals surface area contributed by atoms with Gasteiger partial charge in [0.15, 0.2) is 0 Å². The van der Waals surface area contributed by atoms with Gasteiger partial charge in [0, 0.05) is 43.8 Å². The maximum Gasteiger partial charge on any atom is 0.410 e. The summed E-state index contributed by atoms with van der Waals surface area (Å²) in [7, 11) is 0. The molecule has 3 saturated heterocycles. The first kappa shape index (κ1) is 29.3. The monoisotopic (exact) mass is 586 g/mol. The number of ether oxygens (including phenoxy) is 4. The first-order valence-electron chi connectivity index (χ1n) is 17.2.